The van der Waals surface area contributed by atoms with Crippen LogP contribution >= 0.6 is 15.9 Å². The van der Waals surface area contributed by atoms with Crippen molar-refractivity contribution < 1.29 is 9.90 Å². The van der Waals surface area contributed by atoms with E-state index in [-0.39, 0.29) is 5.91 Å². The van der Waals surface area contributed by atoms with E-state index in [4.69, 9.17) is 0 Å². The molecular formula is C19H22BrN3O2. The normalized spacial score (nSPS) is 15.2. The van der Waals surface area contributed by atoms with Gasteiger partial charge in [0.15, 0.2) is 0 Å². The number of amides is 1. The molecule has 1 aliphatic heterocycles. The second-order valence-electron chi connectivity index (χ2n) is 6.28. The number of rotatable bonds is 4. The molecule has 25 heavy (non-hydrogen) atoms. The fourth-order valence-electron chi connectivity index (χ4n) is 2.99. The molecule has 1 aliphatic rings. The van der Waals surface area contributed by atoms with Gasteiger partial charge in [-0.25, -0.2) is 0 Å². The van der Waals surface area contributed by atoms with Crippen molar-refractivity contribution in [3.8, 4) is 5.75 Å². The number of para-hydroxylation sites is 2. The van der Waals surface area contributed by atoms with Crippen molar-refractivity contribution in [3.05, 3.63) is 52.5 Å². The zero-order valence-electron chi connectivity index (χ0n) is 14.2. The summed E-state index contributed by atoms with van der Waals surface area (Å²) in [4.78, 5) is 16.6. The van der Waals surface area contributed by atoms with Crippen molar-refractivity contribution in [2.45, 2.75) is 6.92 Å². The van der Waals surface area contributed by atoms with Crippen LogP contribution < -0.4 is 10.2 Å². The van der Waals surface area contributed by atoms with Crippen LogP contribution in [0.1, 0.15) is 5.56 Å². The van der Waals surface area contributed by atoms with E-state index in [2.05, 4.69) is 31.0 Å². The van der Waals surface area contributed by atoms with E-state index in [1.807, 2.05) is 43.3 Å². The highest BCUT2D eigenvalue weighted by molar-refractivity contribution is 9.10. The number of hydrogen-bond donors (Lipinski definition) is 2. The first-order valence-electron chi connectivity index (χ1n) is 8.34. The van der Waals surface area contributed by atoms with Crippen molar-refractivity contribution in [1.82, 2.24) is 4.90 Å². The third-order valence-corrected chi connectivity index (χ3v) is 5.02. The van der Waals surface area contributed by atoms with Crippen LogP contribution in [-0.4, -0.2) is 48.6 Å². The Hall–Kier alpha value is -2.05. The molecule has 1 amide bonds. The first-order chi connectivity index (χ1) is 12.0. The first-order valence-corrected chi connectivity index (χ1v) is 9.13. The van der Waals surface area contributed by atoms with Crippen LogP contribution in [0.3, 0.4) is 0 Å². The molecule has 0 radical (unpaired) electrons. The van der Waals surface area contributed by atoms with Crippen molar-refractivity contribution in [1.29, 1.82) is 0 Å². The van der Waals surface area contributed by atoms with Crippen LogP contribution in [0, 0.1) is 6.92 Å². The van der Waals surface area contributed by atoms with E-state index in [1.54, 1.807) is 6.07 Å². The summed E-state index contributed by atoms with van der Waals surface area (Å²) in [6.07, 6.45) is 0. The Labute approximate surface area is 156 Å². The van der Waals surface area contributed by atoms with Crippen molar-refractivity contribution in [3.63, 3.8) is 0 Å². The lowest BCUT2D eigenvalue weighted by atomic mass is 10.2. The molecule has 0 aromatic heterocycles. The highest BCUT2D eigenvalue weighted by Crippen LogP contribution is 2.27. The number of carbonyl (C=O) groups excluding carboxylic acids is 1. The summed E-state index contributed by atoms with van der Waals surface area (Å²) in [6, 6.07) is 13.2. The number of aromatic hydroxyl groups is 1. The minimum absolute atomic E-state index is 0.0134. The van der Waals surface area contributed by atoms with Crippen molar-refractivity contribution in [2.75, 3.05) is 42.9 Å². The highest BCUT2D eigenvalue weighted by Gasteiger charge is 2.20. The number of anilines is 2. The maximum Gasteiger partial charge on any atom is 0.238 e. The Balaban J connectivity index is 1.52. The predicted octanol–water partition coefficient (Wildman–Crippen LogP) is 3.22. The second-order valence-corrected chi connectivity index (χ2v) is 7.14. The third-order valence-electron chi connectivity index (χ3n) is 4.36. The van der Waals surface area contributed by atoms with Gasteiger partial charge in [-0.2, -0.15) is 0 Å². The summed E-state index contributed by atoms with van der Waals surface area (Å²) in [5.74, 6) is 0.290. The van der Waals surface area contributed by atoms with Crippen LogP contribution in [0.4, 0.5) is 11.4 Å². The molecule has 0 saturated carbocycles. The summed E-state index contributed by atoms with van der Waals surface area (Å²) in [5.41, 5.74) is 2.80. The number of nitrogens with one attached hydrogen (secondary N) is 1. The van der Waals surface area contributed by atoms with Gasteiger partial charge in [0.1, 0.15) is 5.75 Å². The summed E-state index contributed by atoms with van der Waals surface area (Å²) in [7, 11) is 0. The average molecular weight is 404 g/mol. The van der Waals surface area contributed by atoms with Gasteiger partial charge in [0.25, 0.3) is 0 Å². The molecular weight excluding hydrogens is 382 g/mol. The Morgan fingerprint density at radius 3 is 2.56 bits per heavy atom. The molecule has 0 atom stereocenters. The van der Waals surface area contributed by atoms with Crippen LogP contribution in [0.25, 0.3) is 0 Å². The average Bonchev–Trinajstić information content (AvgIpc) is 2.59. The highest BCUT2D eigenvalue weighted by atomic mass is 79.9. The lowest BCUT2D eigenvalue weighted by Crippen LogP contribution is -2.48. The number of halogens is 1. The lowest BCUT2D eigenvalue weighted by Gasteiger charge is -2.35. The Bertz CT molecular complexity index is 758. The number of benzene rings is 2. The largest absolute Gasteiger partial charge is 0.506 e. The number of carbonyl (C=O) groups is 1. The first kappa shape index (κ1) is 17.8. The summed E-state index contributed by atoms with van der Waals surface area (Å²) < 4.78 is 0.894. The van der Waals surface area contributed by atoms with Gasteiger partial charge < -0.3 is 15.3 Å². The minimum atomic E-state index is -0.0134. The van der Waals surface area contributed by atoms with Gasteiger partial charge >= 0.3 is 0 Å². The lowest BCUT2D eigenvalue weighted by molar-refractivity contribution is -0.117. The zero-order valence-corrected chi connectivity index (χ0v) is 15.8. The van der Waals surface area contributed by atoms with Gasteiger partial charge in [0.05, 0.1) is 17.9 Å². The Kier molecular flexibility index (Phi) is 5.60. The summed E-state index contributed by atoms with van der Waals surface area (Å²) in [5, 5.41) is 12.9. The number of aryl methyl sites for hydroxylation is 1. The smallest absolute Gasteiger partial charge is 0.238 e. The van der Waals surface area contributed by atoms with Gasteiger partial charge in [-0.3, -0.25) is 9.69 Å². The van der Waals surface area contributed by atoms with Crippen LogP contribution in [0.2, 0.25) is 0 Å². The van der Waals surface area contributed by atoms with E-state index in [1.165, 1.54) is 0 Å². The van der Waals surface area contributed by atoms with Gasteiger partial charge in [-0.15, -0.1) is 0 Å². The molecule has 1 saturated heterocycles. The standard InChI is InChI=1S/C19H22BrN3O2/c1-14-6-7-16(15(20)12-14)21-19(25)13-22-8-10-23(11-9-22)17-4-2-3-5-18(17)24/h2-7,12,24H,8-11,13H2,1H3,(H,21,25). The number of phenols is 1. The van der Waals surface area contributed by atoms with E-state index in [0.717, 1.165) is 47.6 Å². The van der Waals surface area contributed by atoms with Crippen molar-refractivity contribution in [2.24, 2.45) is 0 Å². The topological polar surface area (TPSA) is 55.8 Å². The second kappa shape index (κ2) is 7.89. The Morgan fingerprint density at radius 1 is 1.16 bits per heavy atom. The van der Waals surface area contributed by atoms with E-state index >= 15 is 0 Å². The quantitative estimate of drug-likeness (QED) is 0.822. The van der Waals surface area contributed by atoms with E-state index in [9.17, 15) is 9.90 Å². The van der Waals surface area contributed by atoms with E-state index in [0.29, 0.717) is 12.3 Å². The summed E-state index contributed by atoms with van der Waals surface area (Å²) in [6.45, 7) is 5.54. The molecule has 1 fully saturated rings. The molecule has 0 bridgehead atoms. The number of piperazine rings is 1. The van der Waals surface area contributed by atoms with Crippen molar-refractivity contribution >= 4 is 33.2 Å². The third kappa shape index (κ3) is 4.52. The number of nitrogens with zero attached hydrogens (tertiary/aromatic N) is 2. The molecule has 6 heteroatoms. The van der Waals surface area contributed by atoms with Gasteiger partial charge in [-0.05, 0) is 52.7 Å². The fraction of sp³-hybridized carbons (Fsp3) is 0.316. The molecule has 2 aromatic carbocycles. The predicted molar refractivity (Wildman–Crippen MR) is 104 cm³/mol. The maximum absolute atomic E-state index is 12.3. The molecule has 5 nitrogen and oxygen atoms in total. The SMILES string of the molecule is Cc1ccc(NC(=O)CN2CCN(c3ccccc3O)CC2)c(Br)c1. The minimum Gasteiger partial charge on any atom is -0.506 e. The monoisotopic (exact) mass is 403 g/mol. The molecule has 132 valence electrons. The summed E-state index contributed by atoms with van der Waals surface area (Å²) >= 11 is 3.48. The zero-order chi connectivity index (χ0) is 17.8. The van der Waals surface area contributed by atoms with Gasteiger partial charge in [0.2, 0.25) is 5.91 Å². The molecule has 0 spiro atoms. The molecule has 2 aromatic rings. The molecule has 0 aliphatic carbocycles. The molecule has 3 rings (SSSR count). The van der Waals surface area contributed by atoms with Gasteiger partial charge in [0, 0.05) is 30.7 Å². The van der Waals surface area contributed by atoms with Crippen LogP contribution in [0.5, 0.6) is 5.75 Å². The van der Waals surface area contributed by atoms with Crippen LogP contribution in [0.15, 0.2) is 46.9 Å². The molecule has 0 unspecified atom stereocenters. The maximum atomic E-state index is 12.3. The Morgan fingerprint density at radius 2 is 1.88 bits per heavy atom. The van der Waals surface area contributed by atoms with Crippen LogP contribution in [-0.2, 0) is 4.79 Å². The van der Waals surface area contributed by atoms with Gasteiger partial charge in [-0.1, -0.05) is 18.2 Å². The van der Waals surface area contributed by atoms with E-state index < -0.39 is 0 Å². The molecule has 1 heterocycles. The fourth-order valence-corrected chi connectivity index (χ4v) is 3.59. The number of hydrogen-bond acceptors (Lipinski definition) is 4. The number of phenolic OH excluding ortho intramolecular Hbond substituents is 1. The molecule has 2 N–H and O–H groups in total.